The predicted octanol–water partition coefficient (Wildman–Crippen LogP) is 1.99. The van der Waals surface area contributed by atoms with Crippen LogP contribution in [0.3, 0.4) is 0 Å². The predicted molar refractivity (Wildman–Crippen MR) is 66.2 cm³/mol. The Morgan fingerprint density at radius 3 is 2.53 bits per heavy atom. The van der Waals surface area contributed by atoms with Crippen LogP contribution in [0.5, 0.6) is 0 Å². The van der Waals surface area contributed by atoms with Gasteiger partial charge >= 0.3 is 0 Å². The summed E-state index contributed by atoms with van der Waals surface area (Å²) in [5.41, 5.74) is 0. The molecule has 1 aromatic carbocycles. The zero-order valence-electron chi connectivity index (χ0n) is 10.1. The van der Waals surface area contributed by atoms with Gasteiger partial charge in [-0.3, -0.25) is 0 Å². The van der Waals surface area contributed by atoms with Gasteiger partial charge in [-0.15, -0.1) is 0 Å². The molecule has 0 fully saturated rings. The second kappa shape index (κ2) is 6.12. The van der Waals surface area contributed by atoms with E-state index < -0.39 is 15.7 Å². The Morgan fingerprint density at radius 2 is 1.94 bits per heavy atom. The van der Waals surface area contributed by atoms with E-state index in [0.717, 1.165) is 0 Å². The first-order chi connectivity index (χ1) is 7.93. The van der Waals surface area contributed by atoms with E-state index in [2.05, 4.69) is 5.32 Å². The van der Waals surface area contributed by atoms with E-state index in [0.29, 0.717) is 19.0 Å². The minimum Gasteiger partial charge on any atom is -0.314 e. The van der Waals surface area contributed by atoms with Crippen molar-refractivity contribution in [2.45, 2.75) is 31.2 Å². The monoisotopic (exact) mass is 259 g/mol. The highest BCUT2D eigenvalue weighted by Gasteiger charge is 2.17. The third kappa shape index (κ3) is 4.44. The van der Waals surface area contributed by atoms with Crippen LogP contribution in [0.4, 0.5) is 4.39 Å². The summed E-state index contributed by atoms with van der Waals surface area (Å²) in [5.74, 6) is -0.711. The van der Waals surface area contributed by atoms with Crippen molar-refractivity contribution in [1.82, 2.24) is 5.32 Å². The minimum atomic E-state index is -3.50. The molecule has 0 aromatic heterocycles. The van der Waals surface area contributed by atoms with Crippen LogP contribution in [0.2, 0.25) is 0 Å². The molecule has 0 unspecified atom stereocenters. The van der Waals surface area contributed by atoms with Gasteiger partial charge in [-0.1, -0.05) is 26.0 Å². The van der Waals surface area contributed by atoms with Gasteiger partial charge < -0.3 is 5.32 Å². The summed E-state index contributed by atoms with van der Waals surface area (Å²) in [6.07, 6.45) is 0.481. The standard InChI is InChI=1S/C12H18FNO2S/c1-10(2)14-8-5-9-17(15,16)12-7-4-3-6-11(12)13/h3-4,6-7,10,14H,5,8-9H2,1-2H3. The fraction of sp³-hybridized carbons (Fsp3) is 0.500. The maximum absolute atomic E-state index is 13.3. The Bertz CT molecular complexity index is 457. The molecule has 0 saturated heterocycles. The molecule has 1 rings (SSSR count). The van der Waals surface area contributed by atoms with Crippen LogP contribution < -0.4 is 5.32 Å². The average Bonchev–Trinajstić information content (AvgIpc) is 2.24. The van der Waals surface area contributed by atoms with Crippen molar-refractivity contribution < 1.29 is 12.8 Å². The molecule has 0 aliphatic carbocycles. The van der Waals surface area contributed by atoms with Crippen LogP contribution in [-0.2, 0) is 9.84 Å². The quantitative estimate of drug-likeness (QED) is 0.795. The first-order valence-corrected chi connectivity index (χ1v) is 7.29. The zero-order valence-corrected chi connectivity index (χ0v) is 10.9. The van der Waals surface area contributed by atoms with Crippen LogP contribution in [0, 0.1) is 5.82 Å². The van der Waals surface area contributed by atoms with Crippen molar-refractivity contribution in [1.29, 1.82) is 0 Å². The van der Waals surface area contributed by atoms with E-state index >= 15 is 0 Å². The maximum atomic E-state index is 13.3. The zero-order chi connectivity index (χ0) is 12.9. The smallest absolute Gasteiger partial charge is 0.181 e. The third-order valence-corrected chi connectivity index (χ3v) is 4.14. The second-order valence-corrected chi connectivity index (χ2v) is 6.29. The maximum Gasteiger partial charge on any atom is 0.181 e. The van der Waals surface area contributed by atoms with Crippen molar-refractivity contribution in [3.05, 3.63) is 30.1 Å². The third-order valence-electron chi connectivity index (χ3n) is 2.31. The van der Waals surface area contributed by atoms with E-state index in [-0.39, 0.29) is 10.6 Å². The highest BCUT2D eigenvalue weighted by Crippen LogP contribution is 2.15. The molecule has 17 heavy (non-hydrogen) atoms. The Labute approximate surface area is 102 Å². The highest BCUT2D eigenvalue weighted by atomic mass is 32.2. The van der Waals surface area contributed by atoms with Crippen molar-refractivity contribution in [3.8, 4) is 0 Å². The normalized spacial score (nSPS) is 12.0. The number of hydrogen-bond acceptors (Lipinski definition) is 3. The second-order valence-electron chi connectivity index (χ2n) is 4.21. The Hall–Kier alpha value is -0.940. The number of rotatable bonds is 6. The first kappa shape index (κ1) is 14.1. The molecule has 0 aliphatic rings. The van der Waals surface area contributed by atoms with Crippen LogP contribution in [0.15, 0.2) is 29.2 Å². The number of sulfone groups is 1. The largest absolute Gasteiger partial charge is 0.314 e. The van der Waals surface area contributed by atoms with Crippen LogP contribution in [0.1, 0.15) is 20.3 Å². The molecule has 0 bridgehead atoms. The Morgan fingerprint density at radius 1 is 1.29 bits per heavy atom. The molecule has 0 heterocycles. The fourth-order valence-corrected chi connectivity index (χ4v) is 2.86. The number of benzene rings is 1. The van der Waals surface area contributed by atoms with Crippen LogP contribution in [0.25, 0.3) is 0 Å². The average molecular weight is 259 g/mol. The molecule has 0 spiro atoms. The summed E-state index contributed by atoms with van der Waals surface area (Å²) in [6.45, 7) is 4.60. The molecule has 96 valence electrons. The van der Waals surface area contributed by atoms with E-state index in [1.165, 1.54) is 24.3 Å². The molecule has 0 atom stereocenters. The van der Waals surface area contributed by atoms with Crippen molar-refractivity contribution >= 4 is 9.84 Å². The van der Waals surface area contributed by atoms with Gasteiger partial charge in [0.2, 0.25) is 0 Å². The number of nitrogens with one attached hydrogen (secondary N) is 1. The number of halogens is 1. The Balaban J connectivity index is 2.61. The SMILES string of the molecule is CC(C)NCCCS(=O)(=O)c1ccccc1F. The lowest BCUT2D eigenvalue weighted by Gasteiger charge is -2.08. The Kier molecular flexibility index (Phi) is 5.08. The molecular weight excluding hydrogens is 241 g/mol. The van der Waals surface area contributed by atoms with Gasteiger partial charge in [-0.05, 0) is 25.1 Å². The van der Waals surface area contributed by atoms with E-state index in [1.54, 1.807) is 0 Å². The molecule has 0 radical (unpaired) electrons. The van der Waals surface area contributed by atoms with Gasteiger partial charge in [0.15, 0.2) is 9.84 Å². The highest BCUT2D eigenvalue weighted by molar-refractivity contribution is 7.91. The molecular formula is C12H18FNO2S. The lowest BCUT2D eigenvalue weighted by Crippen LogP contribution is -2.25. The minimum absolute atomic E-state index is 0.0341. The van der Waals surface area contributed by atoms with Gasteiger partial charge in [0.1, 0.15) is 10.7 Å². The van der Waals surface area contributed by atoms with Gasteiger partial charge in [-0.25, -0.2) is 12.8 Å². The molecule has 0 aliphatic heterocycles. The summed E-state index contributed by atoms with van der Waals surface area (Å²) in [6, 6.07) is 5.81. The van der Waals surface area contributed by atoms with E-state index in [4.69, 9.17) is 0 Å². The molecule has 0 amide bonds. The molecule has 3 nitrogen and oxygen atoms in total. The molecule has 1 N–H and O–H groups in total. The summed E-state index contributed by atoms with van der Waals surface area (Å²) < 4.78 is 37.0. The molecule has 1 aromatic rings. The molecule has 0 saturated carbocycles. The summed E-state index contributed by atoms with van der Waals surface area (Å²) in [5, 5.41) is 3.13. The van der Waals surface area contributed by atoms with Crippen LogP contribution >= 0.6 is 0 Å². The van der Waals surface area contributed by atoms with Crippen molar-refractivity contribution in [2.75, 3.05) is 12.3 Å². The topological polar surface area (TPSA) is 46.2 Å². The lowest BCUT2D eigenvalue weighted by atomic mass is 10.3. The summed E-state index contributed by atoms with van der Waals surface area (Å²) in [4.78, 5) is -0.204. The van der Waals surface area contributed by atoms with Crippen molar-refractivity contribution in [3.63, 3.8) is 0 Å². The summed E-state index contributed by atoms with van der Waals surface area (Å²) in [7, 11) is -3.50. The van der Waals surface area contributed by atoms with E-state index in [9.17, 15) is 12.8 Å². The first-order valence-electron chi connectivity index (χ1n) is 5.64. The lowest BCUT2D eigenvalue weighted by molar-refractivity contribution is 0.555. The van der Waals surface area contributed by atoms with Crippen molar-refractivity contribution in [2.24, 2.45) is 0 Å². The summed E-state index contributed by atoms with van der Waals surface area (Å²) >= 11 is 0. The molecule has 5 heteroatoms. The van der Waals surface area contributed by atoms with Gasteiger partial charge in [0.05, 0.1) is 5.75 Å². The van der Waals surface area contributed by atoms with Gasteiger partial charge in [-0.2, -0.15) is 0 Å². The van der Waals surface area contributed by atoms with Gasteiger partial charge in [0, 0.05) is 6.04 Å². The fourth-order valence-electron chi connectivity index (χ4n) is 1.46. The van der Waals surface area contributed by atoms with Crippen LogP contribution in [-0.4, -0.2) is 26.8 Å². The number of hydrogen-bond donors (Lipinski definition) is 1. The van der Waals surface area contributed by atoms with Gasteiger partial charge in [0.25, 0.3) is 0 Å². The van der Waals surface area contributed by atoms with E-state index in [1.807, 2.05) is 13.8 Å².